The van der Waals surface area contributed by atoms with Gasteiger partial charge in [0.25, 0.3) is 0 Å². The molecule has 0 spiro atoms. The number of hydrazone groups is 1. The van der Waals surface area contributed by atoms with Crippen molar-refractivity contribution < 1.29 is 14.2 Å². The van der Waals surface area contributed by atoms with Gasteiger partial charge in [-0.3, -0.25) is 5.01 Å². The minimum absolute atomic E-state index is 0.377. The fourth-order valence-corrected chi connectivity index (χ4v) is 4.69. The standard InChI is InChI=1S/C25H29N3O3/c1-16-11-18-12-23(29-3)24(30-4)13-22(18)25(26-27(16)2)17-5-7-19(8-6-17)28-14-20-9-10-21(15-28)31-20/h5-8,11-13,20-21H,9-10,14-15H2,1-4H3. The Bertz CT molecular complexity index is 1030. The highest BCUT2D eigenvalue weighted by molar-refractivity contribution is 6.15. The molecule has 0 aromatic heterocycles. The highest BCUT2D eigenvalue weighted by Crippen LogP contribution is 2.35. The van der Waals surface area contributed by atoms with Crippen molar-refractivity contribution in [3.63, 3.8) is 0 Å². The smallest absolute Gasteiger partial charge is 0.161 e. The van der Waals surface area contributed by atoms with Crippen molar-refractivity contribution in [2.24, 2.45) is 5.10 Å². The number of nitrogens with zero attached hydrogens (tertiary/aromatic N) is 3. The number of hydrogen-bond donors (Lipinski definition) is 0. The van der Waals surface area contributed by atoms with Crippen LogP contribution in [0.25, 0.3) is 6.08 Å². The Balaban J connectivity index is 1.52. The maximum absolute atomic E-state index is 5.99. The van der Waals surface area contributed by atoms with Gasteiger partial charge in [-0.15, -0.1) is 0 Å². The molecule has 0 N–H and O–H groups in total. The maximum Gasteiger partial charge on any atom is 0.161 e. The molecule has 6 nitrogen and oxygen atoms in total. The van der Waals surface area contributed by atoms with Crippen LogP contribution in [0.4, 0.5) is 5.69 Å². The molecule has 2 fully saturated rings. The van der Waals surface area contributed by atoms with E-state index in [2.05, 4.69) is 42.2 Å². The zero-order valence-corrected chi connectivity index (χ0v) is 18.6. The van der Waals surface area contributed by atoms with Crippen molar-refractivity contribution in [1.29, 1.82) is 0 Å². The zero-order valence-electron chi connectivity index (χ0n) is 18.6. The molecule has 3 aliphatic heterocycles. The van der Waals surface area contributed by atoms with Gasteiger partial charge in [0.05, 0.1) is 32.1 Å². The third-order valence-corrected chi connectivity index (χ3v) is 6.49. The number of methoxy groups -OCH3 is 2. The van der Waals surface area contributed by atoms with Crippen LogP contribution in [-0.2, 0) is 4.74 Å². The van der Waals surface area contributed by atoms with E-state index in [1.54, 1.807) is 14.2 Å². The molecule has 2 atom stereocenters. The van der Waals surface area contributed by atoms with E-state index >= 15 is 0 Å². The Morgan fingerprint density at radius 3 is 2.26 bits per heavy atom. The molecule has 2 aromatic rings. The largest absolute Gasteiger partial charge is 0.493 e. The highest BCUT2D eigenvalue weighted by atomic mass is 16.5. The van der Waals surface area contributed by atoms with Crippen molar-refractivity contribution in [1.82, 2.24) is 5.01 Å². The van der Waals surface area contributed by atoms with Gasteiger partial charge in [0.15, 0.2) is 11.5 Å². The van der Waals surface area contributed by atoms with Crippen molar-refractivity contribution in [3.8, 4) is 11.5 Å². The lowest BCUT2D eigenvalue weighted by Gasteiger charge is -2.34. The van der Waals surface area contributed by atoms with Crippen LogP contribution < -0.4 is 14.4 Å². The third-order valence-electron chi connectivity index (χ3n) is 6.49. The van der Waals surface area contributed by atoms with E-state index in [-0.39, 0.29) is 0 Å². The quantitative estimate of drug-likeness (QED) is 0.746. The van der Waals surface area contributed by atoms with Crippen LogP contribution in [0.5, 0.6) is 11.5 Å². The average Bonchev–Trinajstić information content (AvgIpc) is 3.08. The van der Waals surface area contributed by atoms with Gasteiger partial charge in [-0.2, -0.15) is 5.10 Å². The van der Waals surface area contributed by atoms with E-state index in [1.807, 2.05) is 24.2 Å². The summed E-state index contributed by atoms with van der Waals surface area (Å²) in [6.07, 6.45) is 5.24. The van der Waals surface area contributed by atoms with Gasteiger partial charge in [-0.1, -0.05) is 12.1 Å². The summed E-state index contributed by atoms with van der Waals surface area (Å²) in [5.41, 5.74) is 6.38. The van der Waals surface area contributed by atoms with Crippen LogP contribution in [0.15, 0.2) is 47.2 Å². The molecule has 3 aliphatic rings. The predicted molar refractivity (Wildman–Crippen MR) is 123 cm³/mol. The number of rotatable bonds is 4. The van der Waals surface area contributed by atoms with Crippen LogP contribution in [0, 0.1) is 0 Å². The molecular weight excluding hydrogens is 390 g/mol. The minimum atomic E-state index is 0.377. The normalized spacial score (nSPS) is 22.5. The molecule has 2 saturated heterocycles. The Hall–Kier alpha value is -2.99. The Kier molecular flexibility index (Phi) is 5.10. The lowest BCUT2D eigenvalue weighted by atomic mass is 9.96. The second-order valence-corrected chi connectivity index (χ2v) is 8.46. The zero-order chi connectivity index (χ0) is 21.5. The second kappa shape index (κ2) is 7.93. The fraction of sp³-hybridized carbons (Fsp3) is 0.400. The number of ether oxygens (including phenoxy) is 3. The lowest BCUT2D eigenvalue weighted by Crippen LogP contribution is -2.42. The van der Waals surface area contributed by atoms with Crippen molar-refractivity contribution in [2.45, 2.75) is 32.0 Å². The van der Waals surface area contributed by atoms with E-state index in [0.717, 1.165) is 41.2 Å². The molecule has 0 aliphatic carbocycles. The molecule has 162 valence electrons. The molecule has 0 radical (unpaired) electrons. The average molecular weight is 420 g/mol. The summed E-state index contributed by atoms with van der Waals surface area (Å²) in [4.78, 5) is 2.45. The summed E-state index contributed by atoms with van der Waals surface area (Å²) in [6.45, 7) is 4.01. The van der Waals surface area contributed by atoms with Gasteiger partial charge >= 0.3 is 0 Å². The first-order valence-corrected chi connectivity index (χ1v) is 10.8. The summed E-state index contributed by atoms with van der Waals surface area (Å²) in [7, 11) is 5.30. The van der Waals surface area contributed by atoms with Gasteiger partial charge < -0.3 is 19.1 Å². The molecule has 2 aromatic carbocycles. The first kappa shape index (κ1) is 19.9. The third kappa shape index (κ3) is 3.65. The monoisotopic (exact) mass is 419 g/mol. The van der Waals surface area contributed by atoms with E-state index in [0.29, 0.717) is 23.7 Å². The number of allylic oxidation sites excluding steroid dienone is 1. The van der Waals surface area contributed by atoms with Gasteiger partial charge in [0.1, 0.15) is 0 Å². The molecule has 0 amide bonds. The topological polar surface area (TPSA) is 46.5 Å². The highest BCUT2D eigenvalue weighted by Gasteiger charge is 2.33. The SMILES string of the molecule is COc1cc2c(cc1OC)C(c1ccc(N3CC4CCC(C3)O4)cc1)=NN(C)C(C)=C2. The molecule has 6 heteroatoms. The number of anilines is 1. The van der Waals surface area contributed by atoms with E-state index < -0.39 is 0 Å². The molecule has 3 heterocycles. The summed E-state index contributed by atoms with van der Waals surface area (Å²) < 4.78 is 17.1. The second-order valence-electron chi connectivity index (χ2n) is 8.46. The van der Waals surface area contributed by atoms with Gasteiger partial charge in [-0.05, 0) is 55.7 Å². The molecule has 31 heavy (non-hydrogen) atoms. The first-order chi connectivity index (χ1) is 15.1. The summed E-state index contributed by atoms with van der Waals surface area (Å²) >= 11 is 0. The number of fused-ring (bicyclic) bond motifs is 3. The molecule has 2 unspecified atom stereocenters. The Labute approximate surface area is 183 Å². The summed E-state index contributed by atoms with van der Waals surface area (Å²) in [5.74, 6) is 1.41. The van der Waals surface area contributed by atoms with Crippen molar-refractivity contribution in [3.05, 3.63) is 58.8 Å². The van der Waals surface area contributed by atoms with Gasteiger partial charge in [0, 0.05) is 42.6 Å². The predicted octanol–water partition coefficient (Wildman–Crippen LogP) is 4.13. The van der Waals surface area contributed by atoms with E-state index in [4.69, 9.17) is 19.3 Å². The van der Waals surface area contributed by atoms with Crippen LogP contribution in [0.1, 0.15) is 36.5 Å². The molecular formula is C25H29N3O3. The summed E-state index contributed by atoms with van der Waals surface area (Å²) in [5, 5.41) is 6.85. The minimum Gasteiger partial charge on any atom is -0.493 e. The van der Waals surface area contributed by atoms with E-state index in [1.165, 1.54) is 18.5 Å². The maximum atomic E-state index is 5.99. The van der Waals surface area contributed by atoms with Crippen molar-refractivity contribution >= 4 is 17.5 Å². The van der Waals surface area contributed by atoms with Crippen LogP contribution in [-0.4, -0.2) is 57.3 Å². The van der Waals surface area contributed by atoms with Gasteiger partial charge in [0.2, 0.25) is 0 Å². The Morgan fingerprint density at radius 2 is 1.61 bits per heavy atom. The number of morpholine rings is 1. The number of hydrogen-bond acceptors (Lipinski definition) is 6. The fourth-order valence-electron chi connectivity index (χ4n) is 4.69. The molecule has 0 saturated carbocycles. The lowest BCUT2D eigenvalue weighted by molar-refractivity contribution is 0.0305. The van der Waals surface area contributed by atoms with Crippen LogP contribution >= 0.6 is 0 Å². The van der Waals surface area contributed by atoms with Crippen LogP contribution in [0.3, 0.4) is 0 Å². The van der Waals surface area contributed by atoms with Gasteiger partial charge in [-0.25, -0.2) is 0 Å². The van der Waals surface area contributed by atoms with E-state index in [9.17, 15) is 0 Å². The van der Waals surface area contributed by atoms with Crippen molar-refractivity contribution in [2.75, 3.05) is 39.3 Å². The molecule has 5 rings (SSSR count). The summed E-state index contributed by atoms with van der Waals surface area (Å²) in [6, 6.07) is 12.8. The van der Waals surface area contributed by atoms with Crippen LogP contribution in [0.2, 0.25) is 0 Å². The Morgan fingerprint density at radius 1 is 0.968 bits per heavy atom. The first-order valence-electron chi connectivity index (χ1n) is 10.8. The molecule has 2 bridgehead atoms. The number of benzene rings is 2.